The van der Waals surface area contributed by atoms with Crippen LogP contribution in [0.2, 0.25) is 10.0 Å². The van der Waals surface area contributed by atoms with E-state index in [-0.39, 0.29) is 6.10 Å². The minimum atomic E-state index is -0.532. The van der Waals surface area contributed by atoms with Gasteiger partial charge in [0.2, 0.25) is 0 Å². The molecule has 0 aromatic heterocycles. The van der Waals surface area contributed by atoms with Crippen LogP contribution in [0.25, 0.3) is 0 Å². The number of hydrogen-bond acceptors (Lipinski definition) is 3. The number of halogens is 2. The third-order valence-corrected chi connectivity index (χ3v) is 4.88. The van der Waals surface area contributed by atoms with Crippen molar-refractivity contribution < 1.29 is 9.84 Å². The average molecular weight is 316 g/mol. The van der Waals surface area contributed by atoms with Gasteiger partial charge in [0.05, 0.1) is 18.8 Å². The van der Waals surface area contributed by atoms with E-state index in [2.05, 4.69) is 4.90 Å². The zero-order valence-electron chi connectivity index (χ0n) is 11.3. The highest BCUT2D eigenvalue weighted by atomic mass is 35.5. The van der Waals surface area contributed by atoms with Crippen molar-refractivity contribution in [1.82, 2.24) is 4.90 Å². The van der Waals surface area contributed by atoms with Crippen LogP contribution in [-0.2, 0) is 11.2 Å². The van der Waals surface area contributed by atoms with Gasteiger partial charge in [0.1, 0.15) is 0 Å². The predicted molar refractivity (Wildman–Crippen MR) is 80.5 cm³/mol. The van der Waals surface area contributed by atoms with Crippen LogP contribution in [0, 0.1) is 0 Å². The Hall–Kier alpha value is -0.320. The maximum absolute atomic E-state index is 10.4. The first-order chi connectivity index (χ1) is 9.63. The third-order valence-electron chi connectivity index (χ3n) is 4.29. The lowest BCUT2D eigenvalue weighted by Gasteiger charge is -2.37. The topological polar surface area (TPSA) is 32.7 Å². The van der Waals surface area contributed by atoms with Crippen LogP contribution in [0.4, 0.5) is 0 Å². The molecule has 3 nitrogen and oxygen atoms in total. The van der Waals surface area contributed by atoms with Crippen molar-refractivity contribution in [2.45, 2.75) is 37.5 Å². The average Bonchev–Trinajstić information content (AvgIpc) is 2.89. The minimum absolute atomic E-state index is 0.129. The lowest BCUT2D eigenvalue weighted by Crippen LogP contribution is -2.50. The van der Waals surface area contributed by atoms with Crippen LogP contribution in [0.5, 0.6) is 0 Å². The van der Waals surface area contributed by atoms with Gasteiger partial charge in [-0.05, 0) is 37.1 Å². The molecule has 2 aliphatic heterocycles. The van der Waals surface area contributed by atoms with Crippen molar-refractivity contribution in [2.75, 3.05) is 19.7 Å². The maximum atomic E-state index is 10.4. The predicted octanol–water partition coefficient (Wildman–Crippen LogP) is 2.76. The van der Waals surface area contributed by atoms with Gasteiger partial charge in [-0.2, -0.15) is 0 Å². The smallest absolute Gasteiger partial charge is 0.0964 e. The molecule has 3 unspecified atom stereocenters. The van der Waals surface area contributed by atoms with Crippen molar-refractivity contribution in [3.63, 3.8) is 0 Å². The van der Waals surface area contributed by atoms with Gasteiger partial charge in [-0.25, -0.2) is 0 Å². The van der Waals surface area contributed by atoms with E-state index >= 15 is 0 Å². The van der Waals surface area contributed by atoms with Crippen molar-refractivity contribution >= 4 is 23.2 Å². The molecule has 110 valence electrons. The molecular weight excluding hydrogens is 297 g/mol. The summed E-state index contributed by atoms with van der Waals surface area (Å²) in [5, 5.41) is 11.6. The maximum Gasteiger partial charge on any atom is 0.0964 e. The Morgan fingerprint density at radius 3 is 3.05 bits per heavy atom. The fourth-order valence-corrected chi connectivity index (χ4v) is 3.61. The summed E-state index contributed by atoms with van der Waals surface area (Å²) in [6.45, 7) is 2.67. The lowest BCUT2D eigenvalue weighted by atomic mass is 10.0. The first-order valence-electron chi connectivity index (χ1n) is 7.11. The molecule has 1 aromatic rings. The standard InChI is InChI=1S/C15H19Cl2NO2/c16-11-4-3-10(13(17)7-11)6-14(19)15-8-18-5-1-2-12(18)9-20-15/h3-4,7,12,14-15,19H,1-2,5-6,8-9H2. The Bertz CT molecular complexity index is 483. The number of hydrogen-bond donors (Lipinski definition) is 1. The van der Waals surface area contributed by atoms with E-state index in [9.17, 15) is 5.11 Å². The number of aliphatic hydroxyl groups excluding tert-OH is 1. The van der Waals surface area contributed by atoms with Crippen LogP contribution < -0.4 is 0 Å². The Kier molecular flexibility index (Phi) is 4.53. The summed E-state index contributed by atoms with van der Waals surface area (Å²) in [5.74, 6) is 0. The van der Waals surface area contributed by atoms with E-state index in [0.717, 1.165) is 25.3 Å². The Morgan fingerprint density at radius 1 is 1.40 bits per heavy atom. The molecule has 0 spiro atoms. The number of benzene rings is 1. The first kappa shape index (κ1) is 14.6. The number of nitrogens with zero attached hydrogens (tertiary/aromatic N) is 1. The zero-order valence-corrected chi connectivity index (χ0v) is 12.8. The number of aliphatic hydroxyl groups is 1. The summed E-state index contributed by atoms with van der Waals surface area (Å²) in [4.78, 5) is 2.43. The molecule has 2 heterocycles. The van der Waals surface area contributed by atoms with E-state index in [1.54, 1.807) is 12.1 Å². The second-order valence-electron chi connectivity index (χ2n) is 5.67. The quantitative estimate of drug-likeness (QED) is 0.931. The Morgan fingerprint density at radius 2 is 2.25 bits per heavy atom. The van der Waals surface area contributed by atoms with Gasteiger partial charge in [-0.3, -0.25) is 4.90 Å². The summed E-state index contributed by atoms with van der Waals surface area (Å²) in [7, 11) is 0. The van der Waals surface area contributed by atoms with Gasteiger partial charge < -0.3 is 9.84 Å². The molecule has 2 saturated heterocycles. The van der Waals surface area contributed by atoms with E-state index in [1.165, 1.54) is 12.8 Å². The highest BCUT2D eigenvalue weighted by Gasteiger charge is 2.35. The molecule has 0 radical (unpaired) electrons. The lowest BCUT2D eigenvalue weighted by molar-refractivity contribution is -0.101. The summed E-state index contributed by atoms with van der Waals surface area (Å²) in [6.07, 6.45) is 2.29. The number of fused-ring (bicyclic) bond motifs is 1. The third kappa shape index (κ3) is 3.12. The van der Waals surface area contributed by atoms with Gasteiger partial charge in [-0.15, -0.1) is 0 Å². The molecule has 1 N–H and O–H groups in total. The molecule has 0 amide bonds. The van der Waals surface area contributed by atoms with Crippen LogP contribution in [0.3, 0.4) is 0 Å². The van der Waals surface area contributed by atoms with E-state index in [1.807, 2.05) is 6.07 Å². The molecule has 0 aliphatic carbocycles. The van der Waals surface area contributed by atoms with Gasteiger partial charge in [-0.1, -0.05) is 29.3 Å². The Balaban J connectivity index is 1.62. The highest BCUT2D eigenvalue weighted by Crippen LogP contribution is 2.26. The van der Waals surface area contributed by atoms with Crippen molar-refractivity contribution in [1.29, 1.82) is 0 Å². The Labute approximate surface area is 129 Å². The zero-order chi connectivity index (χ0) is 14.1. The van der Waals surface area contributed by atoms with Crippen LogP contribution in [0.15, 0.2) is 18.2 Å². The molecule has 0 saturated carbocycles. The van der Waals surface area contributed by atoms with Crippen molar-refractivity contribution in [3.8, 4) is 0 Å². The van der Waals surface area contributed by atoms with E-state index in [4.69, 9.17) is 27.9 Å². The van der Waals surface area contributed by atoms with Gasteiger partial charge in [0, 0.05) is 29.1 Å². The molecule has 3 atom stereocenters. The molecule has 1 aromatic carbocycles. The normalized spacial score (nSPS) is 28.4. The molecule has 2 fully saturated rings. The molecule has 2 aliphatic rings. The largest absolute Gasteiger partial charge is 0.390 e. The number of morpholine rings is 1. The van der Waals surface area contributed by atoms with Crippen LogP contribution in [-0.4, -0.2) is 48.0 Å². The molecule has 5 heteroatoms. The molecular formula is C15H19Cl2NO2. The molecule has 20 heavy (non-hydrogen) atoms. The second kappa shape index (κ2) is 6.20. The SMILES string of the molecule is OC(Cc1ccc(Cl)cc1Cl)C1CN2CCCC2CO1. The summed E-state index contributed by atoms with van der Waals surface area (Å²) >= 11 is 12.0. The second-order valence-corrected chi connectivity index (χ2v) is 6.51. The van der Waals surface area contributed by atoms with E-state index < -0.39 is 6.10 Å². The van der Waals surface area contributed by atoms with Crippen LogP contribution in [0.1, 0.15) is 18.4 Å². The number of ether oxygens (including phenoxy) is 1. The molecule has 3 rings (SSSR count). The fraction of sp³-hybridized carbons (Fsp3) is 0.600. The van der Waals surface area contributed by atoms with Crippen LogP contribution >= 0.6 is 23.2 Å². The van der Waals surface area contributed by atoms with Gasteiger partial charge in [0.25, 0.3) is 0 Å². The van der Waals surface area contributed by atoms with Crippen molar-refractivity contribution in [3.05, 3.63) is 33.8 Å². The highest BCUT2D eigenvalue weighted by molar-refractivity contribution is 6.35. The van der Waals surface area contributed by atoms with Gasteiger partial charge >= 0.3 is 0 Å². The fourth-order valence-electron chi connectivity index (χ4n) is 3.12. The van der Waals surface area contributed by atoms with Gasteiger partial charge in [0.15, 0.2) is 0 Å². The van der Waals surface area contributed by atoms with E-state index in [0.29, 0.717) is 22.5 Å². The first-order valence-corrected chi connectivity index (χ1v) is 7.87. The van der Waals surface area contributed by atoms with Crippen molar-refractivity contribution in [2.24, 2.45) is 0 Å². The summed E-state index contributed by atoms with van der Waals surface area (Å²) in [6, 6.07) is 5.93. The summed E-state index contributed by atoms with van der Waals surface area (Å²) in [5.41, 5.74) is 0.913. The minimum Gasteiger partial charge on any atom is -0.390 e. The number of rotatable bonds is 3. The monoisotopic (exact) mass is 315 g/mol. The molecule has 0 bridgehead atoms. The summed E-state index contributed by atoms with van der Waals surface area (Å²) < 4.78 is 5.83.